The lowest BCUT2D eigenvalue weighted by molar-refractivity contribution is 0.399. The maximum atomic E-state index is 7.00. The second-order valence-electron chi connectivity index (χ2n) is 0.707. The number of hydrogen-bond donors (Lipinski definition) is 1. The smallest absolute Gasteiger partial charge is 0.0319 e. The maximum Gasteiger partial charge on any atom is 0.0319 e. The van der Waals surface area contributed by atoms with Crippen molar-refractivity contribution in [2.24, 2.45) is 0 Å². The van der Waals surface area contributed by atoms with Crippen molar-refractivity contribution in [2.75, 3.05) is 7.11 Å². The minimum absolute atomic E-state index is 0. The molecule has 0 spiro atoms. The highest BCUT2D eigenvalue weighted by Crippen LogP contribution is 1.56. The van der Waals surface area contributed by atoms with Gasteiger partial charge < -0.3 is 5.11 Å². The molecule has 0 amide bonds. The zero-order valence-electron chi connectivity index (χ0n) is 4.73. The van der Waals surface area contributed by atoms with Crippen LogP contribution in [0.4, 0.5) is 0 Å². The first-order valence-electron chi connectivity index (χ1n) is 1.86. The summed E-state index contributed by atoms with van der Waals surface area (Å²) in [5.41, 5.74) is 0. The molecular formula is C4H14BO. The van der Waals surface area contributed by atoms with Crippen molar-refractivity contribution in [2.45, 2.75) is 20.3 Å². The lowest BCUT2D eigenvalue weighted by Gasteiger charge is -1.48. The van der Waals surface area contributed by atoms with E-state index in [-0.39, 0.29) is 9.84 Å². The fraction of sp³-hybridized carbons (Fsp3) is 1.00. The van der Waals surface area contributed by atoms with Crippen LogP contribution in [0.2, 0.25) is 0 Å². The monoisotopic (exact) mass is 90.1 g/mol. The van der Waals surface area contributed by atoms with Crippen LogP contribution in [0.5, 0.6) is 0 Å². The van der Waals surface area contributed by atoms with E-state index < -0.39 is 0 Å². The SMILES string of the molecule is CCC.CO.[2HH].[B]. The molecule has 0 bridgehead atoms. The Hall–Kier alpha value is 0.0249. The van der Waals surface area contributed by atoms with Crippen LogP contribution in [0.25, 0.3) is 0 Å². The summed E-state index contributed by atoms with van der Waals surface area (Å²) in [6.45, 7) is 4.25. The average Bonchev–Trinajstić information content (AvgIpc) is 1.46. The third-order valence-corrected chi connectivity index (χ3v) is 0. The van der Waals surface area contributed by atoms with E-state index in [4.69, 9.17) is 5.11 Å². The van der Waals surface area contributed by atoms with Crippen LogP contribution < -0.4 is 0 Å². The third-order valence-electron chi connectivity index (χ3n) is 0. The van der Waals surface area contributed by atoms with Crippen molar-refractivity contribution in [3.05, 3.63) is 0 Å². The number of aliphatic hydroxyl groups is 1. The van der Waals surface area contributed by atoms with Crippen LogP contribution in [0, 0.1) is 0 Å². The van der Waals surface area contributed by atoms with Gasteiger partial charge in [-0.2, -0.15) is 0 Å². The summed E-state index contributed by atoms with van der Waals surface area (Å²) >= 11 is 0. The zero-order valence-corrected chi connectivity index (χ0v) is 4.73. The van der Waals surface area contributed by atoms with Crippen molar-refractivity contribution in [1.29, 1.82) is 0 Å². The molecule has 0 aliphatic rings. The van der Waals surface area contributed by atoms with E-state index in [9.17, 15) is 0 Å². The molecule has 0 atom stereocenters. The average molecular weight is 90.0 g/mol. The van der Waals surface area contributed by atoms with Crippen molar-refractivity contribution >= 4 is 8.41 Å². The lowest BCUT2D eigenvalue weighted by Crippen LogP contribution is -1.27. The Morgan fingerprint density at radius 2 is 1.33 bits per heavy atom. The summed E-state index contributed by atoms with van der Waals surface area (Å²) in [4.78, 5) is 0. The van der Waals surface area contributed by atoms with Gasteiger partial charge in [0.1, 0.15) is 0 Å². The van der Waals surface area contributed by atoms with E-state index in [1.54, 1.807) is 0 Å². The predicted octanol–water partition coefficient (Wildman–Crippen LogP) is 0.890. The summed E-state index contributed by atoms with van der Waals surface area (Å²) in [6, 6.07) is 0. The molecule has 0 aliphatic carbocycles. The molecule has 0 heterocycles. The van der Waals surface area contributed by atoms with Crippen LogP contribution in [-0.2, 0) is 0 Å². The zero-order chi connectivity index (χ0) is 4.71. The standard InChI is InChI=1S/C3H8.CH4O.B.H2/c1-3-2;1-2;;/h3H2,1-2H3;2H,1H3;;1H/i;;;1+1. The summed E-state index contributed by atoms with van der Waals surface area (Å²) < 4.78 is 0. The van der Waals surface area contributed by atoms with Crippen LogP contribution >= 0.6 is 0 Å². The second kappa shape index (κ2) is 77.5. The Bertz CT molecular complexity index is 11.7. The molecular weight excluding hydrogens is 74.9 g/mol. The van der Waals surface area contributed by atoms with Crippen LogP contribution in [0.3, 0.4) is 0 Å². The first-order valence-corrected chi connectivity index (χ1v) is 1.86. The van der Waals surface area contributed by atoms with Gasteiger partial charge in [0, 0.05) is 16.9 Å². The van der Waals surface area contributed by atoms with E-state index in [2.05, 4.69) is 13.8 Å². The first-order chi connectivity index (χ1) is 2.41. The van der Waals surface area contributed by atoms with Gasteiger partial charge in [-0.15, -0.1) is 0 Å². The van der Waals surface area contributed by atoms with Crippen LogP contribution in [-0.4, -0.2) is 20.6 Å². The van der Waals surface area contributed by atoms with Gasteiger partial charge in [-0.1, -0.05) is 20.3 Å². The Kier molecular flexibility index (Phi) is 215. The van der Waals surface area contributed by atoms with Gasteiger partial charge in [-0.05, 0) is 0 Å². The fourth-order valence-corrected chi connectivity index (χ4v) is 0. The first kappa shape index (κ1) is 16.6. The molecule has 0 saturated carbocycles. The van der Waals surface area contributed by atoms with Crippen LogP contribution in [0.1, 0.15) is 21.7 Å². The molecule has 2 heteroatoms. The highest BCUT2D eigenvalue weighted by atomic mass is 16.2. The molecule has 1 N–H and O–H groups in total. The third kappa shape index (κ3) is 59200. The number of hydrogen-bond acceptors (Lipinski definition) is 1. The molecule has 3 radical (unpaired) electrons. The molecule has 0 saturated heterocycles. The van der Waals surface area contributed by atoms with Gasteiger partial charge in [-0.25, -0.2) is 0 Å². The van der Waals surface area contributed by atoms with Gasteiger partial charge in [0.05, 0.1) is 0 Å². The highest BCUT2D eigenvalue weighted by Gasteiger charge is 1.35. The van der Waals surface area contributed by atoms with Gasteiger partial charge in [0.15, 0.2) is 0 Å². The molecule has 0 aromatic carbocycles. The van der Waals surface area contributed by atoms with Gasteiger partial charge in [-0.3, -0.25) is 0 Å². The van der Waals surface area contributed by atoms with Crippen molar-refractivity contribution in [3.63, 3.8) is 0 Å². The van der Waals surface area contributed by atoms with Gasteiger partial charge in [0.2, 0.25) is 0 Å². The van der Waals surface area contributed by atoms with E-state index in [0.29, 0.717) is 0 Å². The molecule has 0 fully saturated rings. The normalized spacial score (nSPS) is 4.00. The lowest BCUT2D eigenvalue weighted by atomic mass is 10.6. The predicted molar refractivity (Wildman–Crippen MR) is 32.0 cm³/mol. The Labute approximate surface area is 43.4 Å². The minimum atomic E-state index is 0. The molecule has 0 aromatic heterocycles. The topological polar surface area (TPSA) is 20.2 Å². The Morgan fingerprint density at radius 3 is 1.33 bits per heavy atom. The minimum Gasteiger partial charge on any atom is -0.400 e. The molecule has 1 nitrogen and oxygen atoms in total. The number of rotatable bonds is 0. The van der Waals surface area contributed by atoms with Crippen molar-refractivity contribution < 1.29 is 6.53 Å². The summed E-state index contributed by atoms with van der Waals surface area (Å²) in [5, 5.41) is 7.00. The fourth-order valence-electron chi connectivity index (χ4n) is 0. The van der Waals surface area contributed by atoms with E-state index in [1.807, 2.05) is 0 Å². The summed E-state index contributed by atoms with van der Waals surface area (Å²) in [7, 11) is 1.00. The molecule has 0 aromatic rings. The van der Waals surface area contributed by atoms with Crippen molar-refractivity contribution in [1.82, 2.24) is 0 Å². The molecule has 0 aliphatic heterocycles. The highest BCUT2D eigenvalue weighted by molar-refractivity contribution is 5.75. The van der Waals surface area contributed by atoms with Gasteiger partial charge >= 0.3 is 0 Å². The molecule has 0 rings (SSSR count). The largest absolute Gasteiger partial charge is 0.400 e. The van der Waals surface area contributed by atoms with E-state index >= 15 is 0 Å². The Balaban J connectivity index is -0.0000000105. The summed E-state index contributed by atoms with van der Waals surface area (Å²) in [6.07, 6.45) is 1.25. The van der Waals surface area contributed by atoms with Crippen LogP contribution in [0.15, 0.2) is 0 Å². The van der Waals surface area contributed by atoms with E-state index in [1.165, 1.54) is 6.42 Å². The quantitative estimate of drug-likeness (QED) is 0.438. The van der Waals surface area contributed by atoms with E-state index in [0.717, 1.165) is 7.11 Å². The van der Waals surface area contributed by atoms with Gasteiger partial charge in [0.25, 0.3) is 0 Å². The number of aliphatic hydroxyl groups excluding tert-OH is 1. The molecule has 0 unspecified atom stereocenters. The Morgan fingerprint density at radius 1 is 1.33 bits per heavy atom. The maximum absolute atomic E-state index is 7.00. The second-order valence-corrected chi connectivity index (χ2v) is 0.707. The molecule has 6 heavy (non-hydrogen) atoms. The van der Waals surface area contributed by atoms with Crippen molar-refractivity contribution in [3.8, 4) is 0 Å². The summed E-state index contributed by atoms with van der Waals surface area (Å²) in [5.74, 6) is 0. The molecule has 39 valence electrons.